The van der Waals surface area contributed by atoms with Gasteiger partial charge >= 0.3 is 5.97 Å². The highest BCUT2D eigenvalue weighted by molar-refractivity contribution is 7.80. The molecule has 4 N–H and O–H groups in total. The number of aliphatic carboxylic acids is 1. The van der Waals surface area contributed by atoms with Crippen molar-refractivity contribution in [2.75, 3.05) is 0 Å². The Balaban J connectivity index is 2.37. The third kappa shape index (κ3) is 6.90. The minimum atomic E-state index is -1.08. The van der Waals surface area contributed by atoms with Gasteiger partial charge in [0.25, 0.3) is 0 Å². The molecule has 0 aromatic heterocycles. The van der Waals surface area contributed by atoms with Crippen LogP contribution in [0.5, 0.6) is 0 Å². The van der Waals surface area contributed by atoms with Crippen LogP contribution >= 0.6 is 12.2 Å². The van der Waals surface area contributed by atoms with Crippen molar-refractivity contribution in [1.82, 2.24) is 16.0 Å². The maximum Gasteiger partial charge on any atom is 0.326 e. The van der Waals surface area contributed by atoms with Crippen LogP contribution in [0, 0.1) is 17.8 Å². The van der Waals surface area contributed by atoms with E-state index in [-0.39, 0.29) is 23.8 Å². The van der Waals surface area contributed by atoms with Crippen LogP contribution in [0.4, 0.5) is 0 Å². The summed E-state index contributed by atoms with van der Waals surface area (Å²) in [4.78, 5) is 38.8. The smallest absolute Gasteiger partial charge is 0.326 e. The molecule has 1 aromatic rings. The third-order valence-electron chi connectivity index (χ3n) is 7.17. The molecule has 7 nitrogen and oxygen atoms in total. The van der Waals surface area contributed by atoms with E-state index in [1.54, 1.807) is 13.0 Å². The van der Waals surface area contributed by atoms with Crippen molar-refractivity contribution in [2.24, 2.45) is 17.8 Å². The second-order valence-electron chi connectivity index (χ2n) is 9.56. The number of hydrogen-bond acceptors (Lipinski definition) is 4. The lowest BCUT2D eigenvalue weighted by Gasteiger charge is -2.34. The van der Waals surface area contributed by atoms with Gasteiger partial charge in [-0.1, -0.05) is 97.3 Å². The van der Waals surface area contributed by atoms with Crippen LogP contribution in [0.15, 0.2) is 30.3 Å². The predicted molar refractivity (Wildman–Crippen MR) is 143 cm³/mol. The maximum absolute atomic E-state index is 13.3. The fourth-order valence-electron chi connectivity index (χ4n) is 4.21. The van der Waals surface area contributed by atoms with E-state index in [1.807, 2.05) is 45.0 Å². The van der Waals surface area contributed by atoms with Crippen LogP contribution in [0.1, 0.15) is 71.9 Å². The highest BCUT2D eigenvalue weighted by Gasteiger charge is 2.33. The molecule has 0 unspecified atom stereocenters. The molecule has 192 valence electrons. The van der Waals surface area contributed by atoms with Crippen LogP contribution in [-0.2, 0) is 14.4 Å². The van der Waals surface area contributed by atoms with Crippen LogP contribution in [0.2, 0.25) is 0 Å². The highest BCUT2D eigenvalue weighted by atomic mass is 32.1. The number of carbonyl (C=O) groups excluding carboxylic acids is 2. The molecule has 0 radical (unpaired) electrons. The zero-order valence-corrected chi connectivity index (χ0v) is 22.4. The molecule has 35 heavy (non-hydrogen) atoms. The van der Waals surface area contributed by atoms with Crippen molar-refractivity contribution in [1.29, 1.82) is 0 Å². The normalized spacial score (nSPS) is 20.6. The average molecular weight is 502 g/mol. The Morgan fingerprint density at radius 1 is 0.971 bits per heavy atom. The molecule has 0 bridgehead atoms. The number of carbonyl (C=O) groups is 3. The second-order valence-corrected chi connectivity index (χ2v) is 9.97. The van der Waals surface area contributed by atoms with Crippen molar-refractivity contribution in [3.63, 3.8) is 0 Å². The van der Waals surface area contributed by atoms with Gasteiger partial charge in [-0.2, -0.15) is 0 Å². The van der Waals surface area contributed by atoms with E-state index in [9.17, 15) is 19.5 Å². The van der Waals surface area contributed by atoms with Crippen molar-refractivity contribution in [3.05, 3.63) is 41.5 Å². The molecule has 2 rings (SSSR count). The van der Waals surface area contributed by atoms with E-state index >= 15 is 0 Å². The number of benzene rings is 1. The summed E-state index contributed by atoms with van der Waals surface area (Å²) < 4.78 is 0. The first-order valence-corrected chi connectivity index (χ1v) is 12.9. The van der Waals surface area contributed by atoms with Gasteiger partial charge in [0, 0.05) is 11.6 Å². The average Bonchev–Trinajstić information content (AvgIpc) is 2.85. The molecule has 2 amide bonds. The van der Waals surface area contributed by atoms with Crippen LogP contribution in [-0.4, -0.2) is 46.0 Å². The van der Waals surface area contributed by atoms with Crippen molar-refractivity contribution < 1.29 is 19.5 Å². The molecule has 0 saturated carbocycles. The number of carboxylic acid groups (broad SMARTS) is 1. The Labute approximate surface area is 214 Å². The Morgan fingerprint density at radius 3 is 2.09 bits per heavy atom. The van der Waals surface area contributed by atoms with Crippen LogP contribution in [0.3, 0.4) is 0 Å². The van der Waals surface area contributed by atoms with Gasteiger partial charge in [-0.15, -0.1) is 0 Å². The van der Waals surface area contributed by atoms with E-state index < -0.39 is 29.9 Å². The van der Waals surface area contributed by atoms with Gasteiger partial charge in [0.15, 0.2) is 0 Å². The number of amides is 2. The van der Waals surface area contributed by atoms with E-state index in [2.05, 4.69) is 29.8 Å². The quantitative estimate of drug-likeness (QED) is 0.271. The van der Waals surface area contributed by atoms with Gasteiger partial charge in [0.2, 0.25) is 11.8 Å². The SMILES string of the molecule is CC[C@H](C)[C@H](NC(=O)[C@@H](NC(=O)/C=C1/c2ccccc2C(=S)N[C@H]1[C@@H](C)CC)[C@@H](C)CC)C(=O)O. The summed E-state index contributed by atoms with van der Waals surface area (Å²) in [7, 11) is 0. The van der Waals surface area contributed by atoms with Crippen molar-refractivity contribution >= 4 is 40.6 Å². The molecule has 1 aliphatic rings. The van der Waals surface area contributed by atoms with Gasteiger partial charge < -0.3 is 21.1 Å². The lowest BCUT2D eigenvalue weighted by Crippen LogP contribution is -2.55. The topological polar surface area (TPSA) is 108 Å². The van der Waals surface area contributed by atoms with Crippen LogP contribution < -0.4 is 16.0 Å². The summed E-state index contributed by atoms with van der Waals surface area (Å²) in [5.41, 5.74) is 2.60. The summed E-state index contributed by atoms with van der Waals surface area (Å²) in [5.74, 6) is -2.16. The Morgan fingerprint density at radius 2 is 1.54 bits per heavy atom. The monoisotopic (exact) mass is 501 g/mol. The molecule has 0 fully saturated rings. The summed E-state index contributed by atoms with van der Waals surface area (Å²) in [6.07, 6.45) is 3.70. The summed E-state index contributed by atoms with van der Waals surface area (Å²) >= 11 is 5.58. The zero-order valence-electron chi connectivity index (χ0n) is 21.6. The molecule has 0 saturated heterocycles. The third-order valence-corrected chi connectivity index (χ3v) is 7.51. The van der Waals surface area contributed by atoms with Gasteiger partial charge in [-0.3, -0.25) is 9.59 Å². The standard InChI is InChI=1S/C27H39N3O4S/c1-7-15(4)22-20(18-12-10-11-13-19(18)26(35)30-22)14-21(31)28-23(16(5)8-2)25(32)29-24(27(33)34)17(6)9-3/h10-17,22-24H,7-9H2,1-6H3,(H,28,31)(H,29,32)(H,30,35)(H,33,34)/b20-14-/t15-,16-,17-,22-,23-,24-/m0/s1. The first-order valence-electron chi connectivity index (χ1n) is 12.5. The number of nitrogens with one attached hydrogen (secondary N) is 3. The molecular weight excluding hydrogens is 462 g/mol. The summed E-state index contributed by atoms with van der Waals surface area (Å²) in [6.45, 7) is 11.7. The first kappa shape index (κ1) is 28.5. The molecule has 0 spiro atoms. The number of carboxylic acids is 1. The highest BCUT2D eigenvalue weighted by Crippen LogP contribution is 2.32. The molecule has 6 atom stereocenters. The van der Waals surface area contributed by atoms with Crippen LogP contribution in [0.25, 0.3) is 5.57 Å². The fourth-order valence-corrected chi connectivity index (χ4v) is 4.52. The maximum atomic E-state index is 13.3. The largest absolute Gasteiger partial charge is 0.480 e. The lowest BCUT2D eigenvalue weighted by atomic mass is 9.83. The number of hydrogen-bond donors (Lipinski definition) is 4. The lowest BCUT2D eigenvalue weighted by molar-refractivity contribution is -0.144. The summed E-state index contributed by atoms with van der Waals surface area (Å²) in [6, 6.07) is 5.71. The van der Waals surface area contributed by atoms with E-state index in [0.717, 1.165) is 23.1 Å². The molecular formula is C27H39N3O4S. The Hall–Kier alpha value is -2.74. The minimum absolute atomic E-state index is 0.134. The number of fused-ring (bicyclic) bond motifs is 1. The van der Waals surface area contributed by atoms with E-state index in [4.69, 9.17) is 12.2 Å². The van der Waals surface area contributed by atoms with Gasteiger partial charge in [0.1, 0.15) is 17.1 Å². The number of rotatable bonds is 11. The molecule has 8 heteroatoms. The Kier molecular flexibility index (Phi) is 10.4. The predicted octanol–water partition coefficient (Wildman–Crippen LogP) is 3.91. The molecule has 1 heterocycles. The van der Waals surface area contributed by atoms with Crippen molar-refractivity contribution in [3.8, 4) is 0 Å². The van der Waals surface area contributed by atoms with E-state index in [1.165, 1.54) is 0 Å². The fraction of sp³-hybridized carbons (Fsp3) is 0.556. The molecule has 1 aromatic carbocycles. The Bertz CT molecular complexity index is 977. The van der Waals surface area contributed by atoms with Gasteiger partial charge in [-0.05, 0) is 28.9 Å². The molecule has 0 aliphatic carbocycles. The molecule has 1 aliphatic heterocycles. The zero-order chi connectivity index (χ0) is 26.3. The summed E-state index contributed by atoms with van der Waals surface area (Å²) in [5, 5.41) is 18.5. The second kappa shape index (κ2) is 12.8. The minimum Gasteiger partial charge on any atom is -0.480 e. The number of thiocarbonyl (C=S) groups is 1. The van der Waals surface area contributed by atoms with Gasteiger partial charge in [0.05, 0.1) is 6.04 Å². The van der Waals surface area contributed by atoms with Crippen molar-refractivity contribution in [2.45, 2.75) is 78.9 Å². The first-order chi connectivity index (χ1) is 16.5. The van der Waals surface area contributed by atoms with Gasteiger partial charge in [-0.25, -0.2) is 4.79 Å². The van der Waals surface area contributed by atoms with E-state index in [0.29, 0.717) is 17.8 Å².